The molecule has 3 aromatic rings. The van der Waals surface area contributed by atoms with E-state index in [4.69, 9.17) is 0 Å². The highest BCUT2D eigenvalue weighted by Crippen LogP contribution is 2.24. The Morgan fingerprint density at radius 3 is 2.94 bits per heavy atom. The Balaban J connectivity index is 0.00000120. The average molecular weight is 284 g/mol. The molecule has 0 N–H and O–H groups in total. The van der Waals surface area contributed by atoms with Crippen molar-refractivity contribution in [1.82, 2.24) is 13.9 Å². The largest absolute Gasteiger partial charge is 0.331 e. The second kappa shape index (κ2) is 5.04. The van der Waals surface area contributed by atoms with Gasteiger partial charge in [-0.05, 0) is 36.7 Å². The first kappa shape index (κ1) is 13.0. The van der Waals surface area contributed by atoms with E-state index in [2.05, 4.69) is 9.36 Å². The molecular formula is C12H11ClFN3S. The fourth-order valence-corrected chi connectivity index (χ4v) is 2.57. The molecule has 6 heteroatoms. The smallest absolute Gasteiger partial charge is 0.123 e. The fourth-order valence-electron chi connectivity index (χ4n) is 1.81. The molecule has 0 aliphatic rings. The van der Waals surface area contributed by atoms with Gasteiger partial charge >= 0.3 is 0 Å². The van der Waals surface area contributed by atoms with Crippen LogP contribution in [-0.4, -0.2) is 13.9 Å². The Morgan fingerprint density at radius 2 is 2.22 bits per heavy atom. The molecule has 0 fully saturated rings. The number of hydrogen-bond acceptors (Lipinski definition) is 3. The molecule has 0 saturated carbocycles. The van der Waals surface area contributed by atoms with Crippen LogP contribution in [0, 0.1) is 12.7 Å². The van der Waals surface area contributed by atoms with Crippen LogP contribution in [0.2, 0.25) is 0 Å². The van der Waals surface area contributed by atoms with Crippen molar-refractivity contribution in [2.75, 3.05) is 0 Å². The zero-order valence-corrected chi connectivity index (χ0v) is 11.3. The molecule has 2 heterocycles. The van der Waals surface area contributed by atoms with Gasteiger partial charge in [-0.3, -0.25) is 0 Å². The standard InChI is InChI=1S/C12H10FN3S.ClH/c1-8-5-16(7-14-8)6-11-10-4-9(13)2-3-12(10)17-15-11;/h2-5,7H,6H2,1H3;1H. The van der Waals surface area contributed by atoms with E-state index in [1.165, 1.54) is 23.7 Å². The molecule has 3 rings (SSSR count). The topological polar surface area (TPSA) is 30.7 Å². The lowest BCUT2D eigenvalue weighted by atomic mass is 10.2. The van der Waals surface area contributed by atoms with Crippen molar-refractivity contribution in [2.24, 2.45) is 0 Å². The van der Waals surface area contributed by atoms with Gasteiger partial charge in [0.1, 0.15) is 5.82 Å². The van der Waals surface area contributed by atoms with E-state index in [0.717, 1.165) is 21.5 Å². The molecule has 0 radical (unpaired) electrons. The van der Waals surface area contributed by atoms with E-state index >= 15 is 0 Å². The summed E-state index contributed by atoms with van der Waals surface area (Å²) in [7, 11) is 0. The predicted molar refractivity (Wildman–Crippen MR) is 72.9 cm³/mol. The molecule has 0 saturated heterocycles. The maximum Gasteiger partial charge on any atom is 0.123 e. The molecule has 1 aromatic carbocycles. The minimum atomic E-state index is -0.222. The summed E-state index contributed by atoms with van der Waals surface area (Å²) < 4.78 is 20.5. The maximum atomic E-state index is 13.2. The van der Waals surface area contributed by atoms with Crippen LogP contribution in [0.4, 0.5) is 4.39 Å². The molecule has 18 heavy (non-hydrogen) atoms. The van der Waals surface area contributed by atoms with E-state index in [-0.39, 0.29) is 18.2 Å². The van der Waals surface area contributed by atoms with Gasteiger partial charge < -0.3 is 4.57 Å². The van der Waals surface area contributed by atoms with Crippen LogP contribution in [0.15, 0.2) is 30.7 Å². The van der Waals surface area contributed by atoms with Gasteiger partial charge in [-0.25, -0.2) is 9.37 Å². The zero-order chi connectivity index (χ0) is 11.8. The van der Waals surface area contributed by atoms with Crippen LogP contribution >= 0.6 is 23.9 Å². The van der Waals surface area contributed by atoms with E-state index in [1.807, 2.05) is 17.7 Å². The van der Waals surface area contributed by atoms with Crippen molar-refractivity contribution in [1.29, 1.82) is 0 Å². The van der Waals surface area contributed by atoms with Gasteiger partial charge in [-0.1, -0.05) is 0 Å². The number of aryl methyl sites for hydroxylation is 1. The second-order valence-electron chi connectivity index (χ2n) is 3.96. The van der Waals surface area contributed by atoms with Crippen molar-refractivity contribution in [3.63, 3.8) is 0 Å². The number of imidazole rings is 1. The van der Waals surface area contributed by atoms with Crippen LogP contribution < -0.4 is 0 Å². The molecule has 0 spiro atoms. The summed E-state index contributed by atoms with van der Waals surface area (Å²) in [6.45, 7) is 2.57. The van der Waals surface area contributed by atoms with Crippen LogP contribution in [0.1, 0.15) is 11.4 Å². The molecule has 0 bridgehead atoms. The first-order chi connectivity index (χ1) is 8.22. The molecule has 0 aliphatic heterocycles. The number of hydrogen-bond donors (Lipinski definition) is 0. The van der Waals surface area contributed by atoms with Crippen LogP contribution in [0.3, 0.4) is 0 Å². The number of benzene rings is 1. The van der Waals surface area contributed by atoms with Crippen molar-refractivity contribution >= 4 is 34.0 Å². The van der Waals surface area contributed by atoms with Gasteiger partial charge in [0.25, 0.3) is 0 Å². The summed E-state index contributed by atoms with van der Waals surface area (Å²) in [4.78, 5) is 4.16. The number of halogens is 2. The first-order valence-electron chi connectivity index (χ1n) is 5.24. The highest BCUT2D eigenvalue weighted by atomic mass is 35.5. The van der Waals surface area contributed by atoms with Crippen molar-refractivity contribution < 1.29 is 4.39 Å². The molecular weight excluding hydrogens is 273 g/mol. The van der Waals surface area contributed by atoms with Crippen molar-refractivity contribution in [2.45, 2.75) is 13.5 Å². The second-order valence-corrected chi connectivity index (χ2v) is 4.76. The van der Waals surface area contributed by atoms with Gasteiger partial charge in [0.2, 0.25) is 0 Å². The fraction of sp³-hybridized carbons (Fsp3) is 0.167. The van der Waals surface area contributed by atoms with Gasteiger partial charge in [-0.2, -0.15) is 4.37 Å². The lowest BCUT2D eigenvalue weighted by Crippen LogP contribution is -1.96. The predicted octanol–water partition coefficient (Wildman–Crippen LogP) is 3.41. The lowest BCUT2D eigenvalue weighted by molar-refractivity contribution is 0.629. The molecule has 94 valence electrons. The quantitative estimate of drug-likeness (QED) is 0.721. The monoisotopic (exact) mass is 283 g/mol. The van der Waals surface area contributed by atoms with E-state index in [1.54, 1.807) is 12.4 Å². The van der Waals surface area contributed by atoms with Crippen molar-refractivity contribution in [3.05, 3.63) is 47.9 Å². The first-order valence-corrected chi connectivity index (χ1v) is 6.02. The van der Waals surface area contributed by atoms with Gasteiger partial charge in [0.05, 0.1) is 29.0 Å². The minimum absolute atomic E-state index is 0. The average Bonchev–Trinajstić information content (AvgIpc) is 2.87. The van der Waals surface area contributed by atoms with E-state index in [0.29, 0.717) is 6.54 Å². The molecule has 2 aromatic heterocycles. The summed E-state index contributed by atoms with van der Waals surface area (Å²) in [5.74, 6) is -0.222. The third-order valence-corrected chi connectivity index (χ3v) is 3.47. The molecule has 3 nitrogen and oxygen atoms in total. The summed E-state index contributed by atoms with van der Waals surface area (Å²) in [5, 5.41) is 0.890. The minimum Gasteiger partial charge on any atom is -0.331 e. The Morgan fingerprint density at radius 1 is 1.39 bits per heavy atom. The number of fused-ring (bicyclic) bond motifs is 1. The van der Waals surface area contributed by atoms with Crippen molar-refractivity contribution in [3.8, 4) is 0 Å². The Kier molecular flexibility index (Phi) is 3.63. The Bertz CT molecular complexity index is 677. The summed E-state index contributed by atoms with van der Waals surface area (Å²) in [6, 6.07) is 4.77. The molecule has 0 aliphatic carbocycles. The summed E-state index contributed by atoms with van der Waals surface area (Å²) in [5.41, 5.74) is 1.86. The zero-order valence-electron chi connectivity index (χ0n) is 9.63. The Labute approximate surface area is 114 Å². The molecule has 0 atom stereocenters. The van der Waals surface area contributed by atoms with Gasteiger partial charge in [0.15, 0.2) is 0 Å². The maximum absolute atomic E-state index is 13.2. The van der Waals surface area contributed by atoms with Crippen LogP contribution in [-0.2, 0) is 6.54 Å². The lowest BCUT2D eigenvalue weighted by Gasteiger charge is -1.99. The highest BCUT2D eigenvalue weighted by Gasteiger charge is 2.07. The normalized spacial score (nSPS) is 10.6. The summed E-state index contributed by atoms with van der Waals surface area (Å²) >= 11 is 1.40. The van der Waals surface area contributed by atoms with E-state index < -0.39 is 0 Å². The number of nitrogens with zero attached hydrogens (tertiary/aromatic N) is 3. The summed E-state index contributed by atoms with van der Waals surface area (Å²) in [6.07, 6.45) is 3.71. The molecule has 0 amide bonds. The van der Waals surface area contributed by atoms with Crippen LogP contribution in [0.5, 0.6) is 0 Å². The highest BCUT2D eigenvalue weighted by molar-refractivity contribution is 7.13. The number of rotatable bonds is 2. The Hall–Kier alpha value is -1.46. The third-order valence-electron chi connectivity index (χ3n) is 2.60. The SMILES string of the molecule is Cc1cn(Cc2nsc3ccc(F)cc23)cn1.Cl. The van der Waals surface area contributed by atoms with E-state index in [9.17, 15) is 4.39 Å². The number of aromatic nitrogens is 3. The van der Waals surface area contributed by atoms with Crippen LogP contribution in [0.25, 0.3) is 10.1 Å². The van der Waals surface area contributed by atoms with Gasteiger partial charge in [0, 0.05) is 11.6 Å². The van der Waals surface area contributed by atoms with Gasteiger partial charge in [-0.15, -0.1) is 12.4 Å². The molecule has 0 unspecified atom stereocenters. The third kappa shape index (κ3) is 2.37.